The molecule has 0 radical (unpaired) electrons. The lowest BCUT2D eigenvalue weighted by Gasteiger charge is -2.30. The van der Waals surface area contributed by atoms with Gasteiger partial charge in [-0.3, -0.25) is 9.59 Å². The normalized spacial score (nSPS) is 17.3. The first kappa shape index (κ1) is 23.4. The summed E-state index contributed by atoms with van der Waals surface area (Å²) in [5, 5.41) is 2.87. The van der Waals surface area contributed by atoms with Gasteiger partial charge < -0.3 is 10.2 Å². The number of amides is 2. The minimum Gasteiger partial charge on any atom is -0.339 e. The quantitative estimate of drug-likeness (QED) is 0.680. The molecule has 1 fully saturated rings. The average molecular weight is 464 g/mol. The Labute approximate surface area is 188 Å². The van der Waals surface area contributed by atoms with Crippen molar-refractivity contribution >= 4 is 38.9 Å². The van der Waals surface area contributed by atoms with Crippen molar-refractivity contribution in [2.75, 3.05) is 31.5 Å². The zero-order valence-electron chi connectivity index (χ0n) is 18.1. The molecule has 1 N–H and O–H groups in total. The van der Waals surface area contributed by atoms with Gasteiger partial charge in [-0.05, 0) is 70.0 Å². The van der Waals surface area contributed by atoms with E-state index >= 15 is 0 Å². The molecule has 1 aliphatic rings. The zero-order valence-corrected chi connectivity index (χ0v) is 19.8. The van der Waals surface area contributed by atoms with Gasteiger partial charge in [0, 0.05) is 42.3 Å². The second-order valence-corrected chi connectivity index (χ2v) is 11.1. The van der Waals surface area contributed by atoms with Gasteiger partial charge in [0.1, 0.15) is 4.21 Å². The van der Waals surface area contributed by atoms with Crippen molar-refractivity contribution < 1.29 is 18.0 Å². The summed E-state index contributed by atoms with van der Waals surface area (Å²) < 4.78 is 27.5. The Kier molecular flexibility index (Phi) is 7.51. The van der Waals surface area contributed by atoms with Gasteiger partial charge in [-0.1, -0.05) is 0 Å². The smallest absolute Gasteiger partial charge is 0.253 e. The number of piperidine rings is 1. The van der Waals surface area contributed by atoms with Gasteiger partial charge in [0.15, 0.2) is 0 Å². The van der Waals surface area contributed by atoms with Crippen LogP contribution >= 0.6 is 11.3 Å². The molecule has 0 aliphatic carbocycles. The molecule has 1 atom stereocenters. The van der Waals surface area contributed by atoms with E-state index in [-0.39, 0.29) is 18.4 Å². The van der Waals surface area contributed by atoms with Crippen LogP contribution in [0.1, 0.15) is 41.9 Å². The monoisotopic (exact) mass is 463 g/mol. The first-order chi connectivity index (χ1) is 14.8. The van der Waals surface area contributed by atoms with Crippen molar-refractivity contribution in [2.24, 2.45) is 5.92 Å². The van der Waals surface area contributed by atoms with E-state index in [9.17, 15) is 18.0 Å². The number of benzene rings is 1. The molecule has 1 aromatic carbocycles. The molecule has 0 bridgehead atoms. The van der Waals surface area contributed by atoms with E-state index in [2.05, 4.69) is 5.32 Å². The van der Waals surface area contributed by atoms with Gasteiger partial charge in [-0.2, -0.15) is 4.31 Å². The Bertz CT molecular complexity index is 1030. The summed E-state index contributed by atoms with van der Waals surface area (Å²) in [7, 11) is -3.58. The van der Waals surface area contributed by atoms with E-state index in [1.54, 1.807) is 41.3 Å². The highest BCUT2D eigenvalue weighted by atomic mass is 32.2. The summed E-state index contributed by atoms with van der Waals surface area (Å²) in [6.45, 7) is 7.61. The van der Waals surface area contributed by atoms with Gasteiger partial charge >= 0.3 is 0 Å². The fourth-order valence-corrected chi connectivity index (χ4v) is 6.65. The average Bonchev–Trinajstić information content (AvgIpc) is 3.22. The minimum atomic E-state index is -3.58. The van der Waals surface area contributed by atoms with Crippen LogP contribution in [0.2, 0.25) is 0 Å². The van der Waals surface area contributed by atoms with E-state index in [4.69, 9.17) is 0 Å². The first-order valence-corrected chi connectivity index (χ1v) is 12.8. The molecule has 2 aromatic rings. The molecule has 1 aromatic heterocycles. The highest BCUT2D eigenvalue weighted by molar-refractivity contribution is 7.91. The van der Waals surface area contributed by atoms with Gasteiger partial charge in [0.25, 0.3) is 15.9 Å². The number of sulfonamides is 1. The van der Waals surface area contributed by atoms with Crippen LogP contribution < -0.4 is 5.32 Å². The van der Waals surface area contributed by atoms with Crippen LogP contribution in [0.15, 0.2) is 40.6 Å². The molecule has 3 rings (SSSR count). The number of hydrogen-bond donors (Lipinski definition) is 1. The predicted molar refractivity (Wildman–Crippen MR) is 123 cm³/mol. The molecule has 0 saturated carbocycles. The Morgan fingerprint density at radius 2 is 1.81 bits per heavy atom. The second-order valence-electron chi connectivity index (χ2n) is 7.61. The Morgan fingerprint density at radius 1 is 1.13 bits per heavy atom. The summed E-state index contributed by atoms with van der Waals surface area (Å²) in [4.78, 5) is 27.9. The highest BCUT2D eigenvalue weighted by Gasteiger charge is 2.34. The highest BCUT2D eigenvalue weighted by Crippen LogP contribution is 2.28. The van der Waals surface area contributed by atoms with Gasteiger partial charge in [0.05, 0.1) is 5.92 Å². The second kappa shape index (κ2) is 9.93. The molecule has 7 nitrogen and oxygen atoms in total. The molecule has 1 saturated heterocycles. The molecule has 9 heteroatoms. The van der Waals surface area contributed by atoms with Crippen LogP contribution in [0.5, 0.6) is 0 Å². The molecule has 2 heterocycles. The fourth-order valence-electron chi connectivity index (χ4n) is 3.69. The van der Waals surface area contributed by atoms with E-state index in [0.717, 1.165) is 4.88 Å². The summed E-state index contributed by atoms with van der Waals surface area (Å²) in [6, 6.07) is 10.2. The predicted octanol–water partition coefficient (Wildman–Crippen LogP) is 3.58. The number of hydrogen-bond acceptors (Lipinski definition) is 5. The molecule has 31 heavy (non-hydrogen) atoms. The number of rotatable bonds is 7. The molecular weight excluding hydrogens is 434 g/mol. The molecule has 1 unspecified atom stereocenters. The number of carbonyl (C=O) groups excluding carboxylic acids is 2. The van der Waals surface area contributed by atoms with E-state index in [1.165, 1.54) is 15.6 Å². The van der Waals surface area contributed by atoms with Crippen LogP contribution in [0, 0.1) is 12.8 Å². The topological polar surface area (TPSA) is 86.8 Å². The summed E-state index contributed by atoms with van der Waals surface area (Å²) in [5.74, 6) is -0.661. The largest absolute Gasteiger partial charge is 0.339 e. The molecule has 1 aliphatic heterocycles. The van der Waals surface area contributed by atoms with Crippen LogP contribution in [-0.4, -0.2) is 55.6 Å². The van der Waals surface area contributed by atoms with Crippen molar-refractivity contribution in [3.05, 3.63) is 46.8 Å². The molecule has 2 amide bonds. The summed E-state index contributed by atoms with van der Waals surface area (Å²) >= 11 is 1.25. The van der Waals surface area contributed by atoms with Crippen LogP contribution in [0.25, 0.3) is 0 Å². The third-order valence-corrected chi connectivity index (χ3v) is 8.85. The van der Waals surface area contributed by atoms with Crippen LogP contribution in [0.3, 0.4) is 0 Å². The molecule has 168 valence electrons. The van der Waals surface area contributed by atoms with Gasteiger partial charge in [0.2, 0.25) is 5.91 Å². The lowest BCUT2D eigenvalue weighted by molar-refractivity contribution is -0.120. The van der Waals surface area contributed by atoms with E-state index in [0.29, 0.717) is 47.9 Å². The Morgan fingerprint density at radius 3 is 2.39 bits per heavy atom. The van der Waals surface area contributed by atoms with Crippen molar-refractivity contribution in [3.8, 4) is 0 Å². The lowest BCUT2D eigenvalue weighted by atomic mass is 9.98. The maximum absolute atomic E-state index is 12.9. The number of carbonyl (C=O) groups is 2. The molecular formula is C22H29N3O4S2. The van der Waals surface area contributed by atoms with Crippen molar-refractivity contribution in [2.45, 2.75) is 37.8 Å². The van der Waals surface area contributed by atoms with Gasteiger partial charge in [-0.25, -0.2) is 8.42 Å². The maximum atomic E-state index is 12.9. The summed E-state index contributed by atoms with van der Waals surface area (Å²) in [6.07, 6.45) is 1.28. The standard InChI is InChI=1S/C22H29N3O4S2/c1-4-24(5-2)22(27)17-9-11-19(12-10-17)23-21(26)18-7-6-14-25(15-18)31(28,29)20-13-8-16(3)30-20/h8-13,18H,4-7,14-15H2,1-3H3,(H,23,26). The third kappa shape index (κ3) is 5.34. The number of aryl methyl sites for hydroxylation is 1. The van der Waals surface area contributed by atoms with Crippen molar-refractivity contribution in [3.63, 3.8) is 0 Å². The van der Waals surface area contributed by atoms with Gasteiger partial charge in [-0.15, -0.1) is 11.3 Å². The number of nitrogens with one attached hydrogen (secondary N) is 1. The lowest BCUT2D eigenvalue weighted by Crippen LogP contribution is -2.43. The molecule has 0 spiro atoms. The number of nitrogens with zero attached hydrogens (tertiary/aromatic N) is 2. The maximum Gasteiger partial charge on any atom is 0.253 e. The Hall–Kier alpha value is -2.23. The summed E-state index contributed by atoms with van der Waals surface area (Å²) in [5.41, 5.74) is 1.16. The Balaban J connectivity index is 1.64. The van der Waals surface area contributed by atoms with E-state index in [1.807, 2.05) is 20.8 Å². The van der Waals surface area contributed by atoms with Crippen molar-refractivity contribution in [1.29, 1.82) is 0 Å². The van der Waals surface area contributed by atoms with Crippen LogP contribution in [0.4, 0.5) is 5.69 Å². The van der Waals surface area contributed by atoms with Crippen LogP contribution in [-0.2, 0) is 14.8 Å². The fraction of sp³-hybridized carbons (Fsp3) is 0.455. The zero-order chi connectivity index (χ0) is 22.6. The number of thiophene rings is 1. The number of anilines is 1. The SMILES string of the molecule is CCN(CC)C(=O)c1ccc(NC(=O)C2CCCN(S(=O)(=O)c3ccc(C)s3)C2)cc1. The minimum absolute atomic E-state index is 0.0418. The van der Waals surface area contributed by atoms with E-state index < -0.39 is 15.9 Å². The third-order valence-electron chi connectivity index (χ3n) is 5.51. The van der Waals surface area contributed by atoms with Crippen molar-refractivity contribution in [1.82, 2.24) is 9.21 Å². The first-order valence-electron chi connectivity index (χ1n) is 10.5.